The number of para-hydroxylation sites is 1. The van der Waals surface area contributed by atoms with Gasteiger partial charge in [-0.25, -0.2) is 9.59 Å². The van der Waals surface area contributed by atoms with Gasteiger partial charge < -0.3 is 20.5 Å². The minimum atomic E-state index is -0.749. The van der Waals surface area contributed by atoms with E-state index < -0.39 is 12.2 Å². The molecular weight excluding hydrogens is 356 g/mol. The molecule has 2 rings (SSSR count). The molecule has 1 saturated carbocycles. The zero-order valence-electron chi connectivity index (χ0n) is 17.8. The van der Waals surface area contributed by atoms with Crippen LogP contribution in [0.4, 0.5) is 9.59 Å². The third-order valence-corrected chi connectivity index (χ3v) is 5.48. The van der Waals surface area contributed by atoms with Crippen LogP contribution in [0.25, 0.3) is 0 Å². The molecule has 0 radical (unpaired) electrons. The maximum atomic E-state index is 12.5. The Morgan fingerprint density at radius 1 is 1.14 bits per heavy atom. The molecule has 1 aromatic rings. The molecule has 156 valence electrons. The summed E-state index contributed by atoms with van der Waals surface area (Å²) in [6.45, 7) is 10.9. The highest BCUT2D eigenvalue weighted by atomic mass is 16.6. The molecule has 1 aliphatic carbocycles. The molecule has 0 spiro atoms. The summed E-state index contributed by atoms with van der Waals surface area (Å²) in [6, 6.07) is 5.96. The maximum Gasteiger partial charge on any atom is 0.412 e. The van der Waals surface area contributed by atoms with Crippen molar-refractivity contribution < 1.29 is 19.1 Å². The number of hydrogen-bond acceptors (Lipinski definition) is 4. The predicted molar refractivity (Wildman–Crippen MR) is 109 cm³/mol. The number of primary amides is 1. The Kier molecular flexibility index (Phi) is 6.96. The number of aryl methyl sites for hydroxylation is 2. The van der Waals surface area contributed by atoms with Crippen LogP contribution >= 0.6 is 0 Å². The molecule has 3 N–H and O–H groups in total. The number of carbonyl (C=O) groups excluding carboxylic acids is 2. The highest BCUT2D eigenvalue weighted by molar-refractivity contribution is 5.71. The molecule has 0 aromatic heterocycles. The summed E-state index contributed by atoms with van der Waals surface area (Å²) in [6.07, 6.45) is 2.49. The third-order valence-electron chi connectivity index (χ3n) is 5.48. The van der Waals surface area contributed by atoms with Crippen LogP contribution < -0.4 is 15.8 Å². The number of nitrogens with one attached hydrogen (secondary N) is 1. The van der Waals surface area contributed by atoms with Crippen molar-refractivity contribution >= 4 is 12.2 Å². The Hall–Kier alpha value is -2.24. The fourth-order valence-electron chi connectivity index (χ4n) is 4.66. The van der Waals surface area contributed by atoms with Crippen molar-refractivity contribution in [2.24, 2.45) is 16.6 Å². The monoisotopic (exact) mass is 390 g/mol. The first-order valence-corrected chi connectivity index (χ1v) is 10.1. The van der Waals surface area contributed by atoms with Gasteiger partial charge in [0.05, 0.1) is 0 Å². The molecule has 2 amide bonds. The lowest BCUT2D eigenvalue weighted by atomic mass is 9.63. The van der Waals surface area contributed by atoms with E-state index in [4.69, 9.17) is 15.2 Å². The van der Waals surface area contributed by atoms with E-state index in [-0.39, 0.29) is 16.9 Å². The normalized spacial score (nSPS) is 23.7. The van der Waals surface area contributed by atoms with Crippen molar-refractivity contribution in [3.63, 3.8) is 0 Å². The molecule has 2 atom stereocenters. The molecule has 6 nitrogen and oxygen atoms in total. The van der Waals surface area contributed by atoms with E-state index in [2.05, 4.69) is 26.1 Å². The summed E-state index contributed by atoms with van der Waals surface area (Å²) in [5, 5.41) is 2.92. The summed E-state index contributed by atoms with van der Waals surface area (Å²) in [4.78, 5) is 23.7. The van der Waals surface area contributed by atoms with Gasteiger partial charge in [0.2, 0.25) is 0 Å². The number of nitrogens with two attached hydrogens (primary N) is 1. The second kappa shape index (κ2) is 8.84. The van der Waals surface area contributed by atoms with E-state index in [9.17, 15) is 9.59 Å². The molecule has 1 aliphatic rings. The van der Waals surface area contributed by atoms with E-state index in [1.54, 1.807) is 0 Å². The second-order valence-electron chi connectivity index (χ2n) is 8.97. The summed E-state index contributed by atoms with van der Waals surface area (Å²) in [5.41, 5.74) is 7.04. The zero-order chi connectivity index (χ0) is 20.9. The quantitative estimate of drug-likeness (QED) is 0.744. The van der Waals surface area contributed by atoms with Crippen molar-refractivity contribution in [1.29, 1.82) is 0 Å². The lowest BCUT2D eigenvalue weighted by Crippen LogP contribution is -2.47. The molecule has 0 aliphatic heterocycles. The van der Waals surface area contributed by atoms with Crippen LogP contribution in [-0.2, 0) is 17.6 Å². The van der Waals surface area contributed by atoms with Gasteiger partial charge in [0.1, 0.15) is 11.9 Å². The Balaban J connectivity index is 2.04. The van der Waals surface area contributed by atoms with Crippen LogP contribution in [-0.4, -0.2) is 24.8 Å². The highest BCUT2D eigenvalue weighted by Gasteiger charge is 2.42. The summed E-state index contributed by atoms with van der Waals surface area (Å²) >= 11 is 0. The Morgan fingerprint density at radius 3 is 2.29 bits per heavy atom. The number of carbonyl (C=O) groups is 2. The van der Waals surface area contributed by atoms with Crippen molar-refractivity contribution in [2.45, 2.75) is 72.8 Å². The first kappa shape index (κ1) is 22.1. The number of hydrogen-bond donors (Lipinski definition) is 2. The van der Waals surface area contributed by atoms with Gasteiger partial charge in [-0.15, -0.1) is 0 Å². The molecule has 28 heavy (non-hydrogen) atoms. The van der Waals surface area contributed by atoms with Gasteiger partial charge in [-0.2, -0.15) is 0 Å². The zero-order valence-corrected chi connectivity index (χ0v) is 17.8. The third kappa shape index (κ3) is 5.88. The number of rotatable bonds is 6. The Bertz CT molecular complexity index is 694. The van der Waals surface area contributed by atoms with Gasteiger partial charge in [0.15, 0.2) is 0 Å². The molecule has 0 saturated heterocycles. The van der Waals surface area contributed by atoms with Crippen LogP contribution in [0.15, 0.2) is 18.2 Å². The minimum absolute atomic E-state index is 0.0110. The molecule has 0 heterocycles. The van der Waals surface area contributed by atoms with E-state index >= 15 is 0 Å². The molecule has 6 heteroatoms. The van der Waals surface area contributed by atoms with Crippen LogP contribution in [0.5, 0.6) is 5.75 Å². The van der Waals surface area contributed by atoms with Gasteiger partial charge in [-0.1, -0.05) is 52.8 Å². The first-order valence-electron chi connectivity index (χ1n) is 10.1. The molecule has 0 bridgehead atoms. The lowest BCUT2D eigenvalue weighted by Gasteiger charge is -2.45. The average molecular weight is 391 g/mol. The van der Waals surface area contributed by atoms with Crippen LogP contribution in [0.3, 0.4) is 0 Å². The topological polar surface area (TPSA) is 90.7 Å². The standard InChI is InChI=1S/C22H34N2O4/c1-6-15-9-8-10-16(7-2)18(15)28-20(26)24-14-22(5)12-17(27-19(23)25)11-21(3,4)13-22/h8-10,17H,6-7,11-14H2,1-5H3,(H2,23,25)(H,24,26). The van der Waals surface area contributed by atoms with Gasteiger partial charge in [0.25, 0.3) is 0 Å². The van der Waals surface area contributed by atoms with Gasteiger partial charge in [-0.05, 0) is 54.1 Å². The van der Waals surface area contributed by atoms with E-state index in [1.165, 1.54) is 0 Å². The number of benzene rings is 1. The van der Waals surface area contributed by atoms with Crippen molar-refractivity contribution in [3.05, 3.63) is 29.3 Å². The average Bonchev–Trinajstić information content (AvgIpc) is 2.58. The van der Waals surface area contributed by atoms with Crippen molar-refractivity contribution in [1.82, 2.24) is 5.32 Å². The van der Waals surface area contributed by atoms with Gasteiger partial charge in [-0.3, -0.25) is 0 Å². The highest BCUT2D eigenvalue weighted by Crippen LogP contribution is 2.46. The van der Waals surface area contributed by atoms with E-state index in [1.807, 2.05) is 32.0 Å². The fraction of sp³-hybridized carbons (Fsp3) is 0.636. The maximum absolute atomic E-state index is 12.5. The van der Waals surface area contributed by atoms with E-state index in [0.717, 1.165) is 36.8 Å². The largest absolute Gasteiger partial charge is 0.446 e. The predicted octanol–water partition coefficient (Wildman–Crippen LogP) is 4.58. The van der Waals surface area contributed by atoms with Gasteiger partial charge >= 0.3 is 12.2 Å². The number of ether oxygens (including phenoxy) is 2. The summed E-state index contributed by atoms with van der Waals surface area (Å²) < 4.78 is 11.0. The molecular formula is C22H34N2O4. The van der Waals surface area contributed by atoms with Crippen molar-refractivity contribution in [2.75, 3.05) is 6.54 Å². The molecule has 2 unspecified atom stereocenters. The summed E-state index contributed by atoms with van der Waals surface area (Å²) in [5.74, 6) is 0.661. The van der Waals surface area contributed by atoms with Gasteiger partial charge in [0, 0.05) is 6.54 Å². The van der Waals surface area contributed by atoms with Crippen LogP contribution in [0, 0.1) is 10.8 Å². The molecule has 1 fully saturated rings. The Labute approximate surface area is 168 Å². The smallest absolute Gasteiger partial charge is 0.412 e. The number of amides is 2. The molecule has 1 aromatic carbocycles. The SMILES string of the molecule is CCc1cccc(CC)c1OC(=O)NCC1(C)CC(OC(N)=O)CC(C)(C)C1. The van der Waals surface area contributed by atoms with E-state index in [0.29, 0.717) is 18.7 Å². The van der Waals surface area contributed by atoms with Crippen LogP contribution in [0.1, 0.15) is 65.0 Å². The van der Waals surface area contributed by atoms with Crippen LogP contribution in [0.2, 0.25) is 0 Å². The Morgan fingerprint density at radius 2 is 1.75 bits per heavy atom. The fourth-order valence-corrected chi connectivity index (χ4v) is 4.66. The minimum Gasteiger partial charge on any atom is -0.446 e. The first-order chi connectivity index (χ1) is 13.1. The lowest BCUT2D eigenvalue weighted by molar-refractivity contribution is -0.0163. The van der Waals surface area contributed by atoms with Crippen molar-refractivity contribution in [3.8, 4) is 5.75 Å². The summed E-state index contributed by atoms with van der Waals surface area (Å²) in [7, 11) is 0. The second-order valence-corrected chi connectivity index (χ2v) is 8.97.